The fraction of sp³-hybridized carbons (Fsp3) is 0.400. The van der Waals surface area contributed by atoms with E-state index in [1.807, 2.05) is 38.8 Å². The van der Waals surface area contributed by atoms with Gasteiger partial charge >= 0.3 is 0 Å². The van der Waals surface area contributed by atoms with Crippen LogP contribution in [0.4, 0.5) is 5.95 Å². The van der Waals surface area contributed by atoms with Crippen LogP contribution in [0.5, 0.6) is 0 Å². The Kier molecular flexibility index (Phi) is 7.79. The smallest absolute Gasteiger partial charge is 0.255 e. The van der Waals surface area contributed by atoms with Crippen molar-refractivity contribution >= 4 is 29.0 Å². The zero-order chi connectivity index (χ0) is 20.6. The van der Waals surface area contributed by atoms with Gasteiger partial charge in [0.15, 0.2) is 0 Å². The van der Waals surface area contributed by atoms with E-state index in [-0.39, 0.29) is 5.56 Å². The molecule has 3 aromatic heterocycles. The van der Waals surface area contributed by atoms with Crippen molar-refractivity contribution in [2.24, 2.45) is 0 Å². The SMILES string of the molecule is Cc1cncc(Cc2cnc(NCCSCc3csc(CN(C)C)n3)[nH]c2=O)c1. The molecule has 0 amide bonds. The van der Waals surface area contributed by atoms with Gasteiger partial charge in [0.2, 0.25) is 5.95 Å². The molecule has 0 fully saturated rings. The Bertz CT molecular complexity index is 985. The molecule has 0 radical (unpaired) electrons. The molecule has 0 unspecified atom stereocenters. The first kappa shape index (κ1) is 21.5. The van der Waals surface area contributed by atoms with Gasteiger partial charge in [0.1, 0.15) is 5.01 Å². The van der Waals surface area contributed by atoms with Crippen molar-refractivity contribution in [3.8, 4) is 0 Å². The highest BCUT2D eigenvalue weighted by Crippen LogP contribution is 2.16. The van der Waals surface area contributed by atoms with Gasteiger partial charge in [-0.15, -0.1) is 11.3 Å². The van der Waals surface area contributed by atoms with Gasteiger partial charge in [0.25, 0.3) is 5.56 Å². The molecule has 0 aromatic carbocycles. The lowest BCUT2D eigenvalue weighted by Gasteiger charge is -2.06. The Morgan fingerprint density at radius 1 is 1.28 bits per heavy atom. The quantitative estimate of drug-likeness (QED) is 0.478. The standard InChI is InChI=1S/C20H26N6OS2/c1-14-6-15(9-21-8-14)7-16-10-23-20(25-19(16)27)22-4-5-28-12-17-13-29-18(24-17)11-26(2)3/h6,8-10,13H,4-5,7,11-12H2,1-3H3,(H2,22,23,25,27). The summed E-state index contributed by atoms with van der Waals surface area (Å²) in [6, 6.07) is 2.03. The maximum atomic E-state index is 12.3. The summed E-state index contributed by atoms with van der Waals surface area (Å²) in [6.07, 6.45) is 5.74. The minimum atomic E-state index is -0.118. The normalized spacial score (nSPS) is 11.2. The Balaban J connectivity index is 1.42. The van der Waals surface area contributed by atoms with Crippen molar-refractivity contribution in [2.45, 2.75) is 25.6 Å². The number of aromatic amines is 1. The molecule has 7 nitrogen and oxygen atoms in total. The molecule has 3 heterocycles. The van der Waals surface area contributed by atoms with E-state index in [2.05, 4.69) is 35.5 Å². The van der Waals surface area contributed by atoms with Crippen LogP contribution >= 0.6 is 23.1 Å². The van der Waals surface area contributed by atoms with Gasteiger partial charge in [-0.25, -0.2) is 9.97 Å². The highest BCUT2D eigenvalue weighted by atomic mass is 32.2. The summed E-state index contributed by atoms with van der Waals surface area (Å²) in [5.41, 5.74) is 3.72. The number of aromatic nitrogens is 4. The number of pyridine rings is 1. The van der Waals surface area contributed by atoms with Crippen molar-refractivity contribution < 1.29 is 0 Å². The second-order valence-corrected chi connectivity index (χ2v) is 9.13. The van der Waals surface area contributed by atoms with Crippen molar-refractivity contribution in [3.05, 3.63) is 67.8 Å². The second kappa shape index (κ2) is 10.5. The lowest BCUT2D eigenvalue weighted by Crippen LogP contribution is -2.18. The number of rotatable bonds is 10. The van der Waals surface area contributed by atoms with Crippen LogP contribution in [-0.4, -0.2) is 51.2 Å². The molecule has 0 atom stereocenters. The first-order valence-electron chi connectivity index (χ1n) is 9.38. The molecule has 29 heavy (non-hydrogen) atoms. The van der Waals surface area contributed by atoms with Gasteiger partial charge in [0, 0.05) is 60.6 Å². The number of thiazole rings is 1. The van der Waals surface area contributed by atoms with Crippen molar-refractivity contribution in [2.75, 3.05) is 31.7 Å². The number of nitrogens with zero attached hydrogens (tertiary/aromatic N) is 4. The number of H-pyrrole nitrogens is 1. The molecular weight excluding hydrogens is 404 g/mol. The molecule has 0 saturated heterocycles. The maximum absolute atomic E-state index is 12.3. The van der Waals surface area contributed by atoms with E-state index < -0.39 is 0 Å². The van der Waals surface area contributed by atoms with Crippen LogP contribution in [0, 0.1) is 6.92 Å². The summed E-state index contributed by atoms with van der Waals surface area (Å²) in [6.45, 7) is 3.59. The summed E-state index contributed by atoms with van der Waals surface area (Å²) in [5, 5.41) is 6.45. The highest BCUT2D eigenvalue weighted by molar-refractivity contribution is 7.98. The molecule has 0 aliphatic heterocycles. The Morgan fingerprint density at radius 2 is 2.14 bits per heavy atom. The van der Waals surface area contributed by atoms with Crippen molar-refractivity contribution in [1.82, 2.24) is 24.8 Å². The number of hydrogen-bond donors (Lipinski definition) is 2. The Morgan fingerprint density at radius 3 is 2.90 bits per heavy atom. The summed E-state index contributed by atoms with van der Waals surface area (Å²) in [7, 11) is 4.10. The van der Waals surface area contributed by atoms with E-state index in [0.29, 0.717) is 17.9 Å². The van der Waals surface area contributed by atoms with Gasteiger partial charge in [-0.1, -0.05) is 6.07 Å². The Hall–Kier alpha value is -2.23. The van der Waals surface area contributed by atoms with Gasteiger partial charge in [-0.3, -0.25) is 14.8 Å². The van der Waals surface area contributed by atoms with E-state index in [4.69, 9.17) is 0 Å². The third-order valence-corrected chi connectivity index (χ3v) is 5.91. The van der Waals surface area contributed by atoms with Gasteiger partial charge in [-0.05, 0) is 32.1 Å². The van der Waals surface area contributed by atoms with Crippen LogP contribution in [0.3, 0.4) is 0 Å². The van der Waals surface area contributed by atoms with E-state index in [9.17, 15) is 4.79 Å². The Labute approximate surface area is 179 Å². The molecule has 0 aliphatic carbocycles. The maximum Gasteiger partial charge on any atom is 0.255 e. The zero-order valence-electron chi connectivity index (χ0n) is 16.9. The fourth-order valence-corrected chi connectivity index (χ4v) is 4.51. The largest absolute Gasteiger partial charge is 0.355 e. The summed E-state index contributed by atoms with van der Waals surface area (Å²) >= 11 is 3.52. The van der Waals surface area contributed by atoms with Crippen LogP contribution in [0.1, 0.15) is 27.4 Å². The molecule has 2 N–H and O–H groups in total. The molecule has 0 bridgehead atoms. The third kappa shape index (κ3) is 6.95. The number of thioether (sulfide) groups is 1. The zero-order valence-corrected chi connectivity index (χ0v) is 18.6. The summed E-state index contributed by atoms with van der Waals surface area (Å²) in [5.74, 6) is 2.30. The van der Waals surface area contributed by atoms with Crippen LogP contribution < -0.4 is 10.9 Å². The average molecular weight is 431 g/mol. The summed E-state index contributed by atoms with van der Waals surface area (Å²) in [4.78, 5) is 30.4. The van der Waals surface area contributed by atoms with Crippen molar-refractivity contribution in [3.63, 3.8) is 0 Å². The molecule has 3 rings (SSSR count). The fourth-order valence-electron chi connectivity index (χ4n) is 2.75. The van der Waals surface area contributed by atoms with E-state index >= 15 is 0 Å². The van der Waals surface area contributed by atoms with E-state index in [1.165, 1.54) is 0 Å². The first-order chi connectivity index (χ1) is 14.0. The van der Waals surface area contributed by atoms with Crippen molar-refractivity contribution in [1.29, 1.82) is 0 Å². The minimum Gasteiger partial charge on any atom is -0.355 e. The molecule has 3 aromatic rings. The van der Waals surface area contributed by atoms with Crippen LogP contribution in [0.15, 0.2) is 34.8 Å². The van der Waals surface area contributed by atoms with Crippen LogP contribution in [-0.2, 0) is 18.7 Å². The van der Waals surface area contributed by atoms with E-state index in [0.717, 1.165) is 46.4 Å². The average Bonchev–Trinajstić information content (AvgIpc) is 3.10. The predicted octanol–water partition coefficient (Wildman–Crippen LogP) is 2.93. The third-order valence-electron chi connectivity index (χ3n) is 4.04. The topological polar surface area (TPSA) is 86.8 Å². The molecular formula is C20H26N6OS2. The van der Waals surface area contributed by atoms with E-state index in [1.54, 1.807) is 29.9 Å². The highest BCUT2D eigenvalue weighted by Gasteiger charge is 2.06. The molecule has 9 heteroatoms. The lowest BCUT2D eigenvalue weighted by atomic mass is 10.1. The first-order valence-corrected chi connectivity index (χ1v) is 11.4. The molecule has 0 spiro atoms. The molecule has 0 saturated carbocycles. The van der Waals surface area contributed by atoms with Gasteiger partial charge in [0.05, 0.1) is 5.69 Å². The molecule has 0 aliphatic rings. The van der Waals surface area contributed by atoms with Crippen LogP contribution in [0.25, 0.3) is 0 Å². The molecule has 154 valence electrons. The van der Waals surface area contributed by atoms with Crippen LogP contribution in [0.2, 0.25) is 0 Å². The predicted molar refractivity (Wildman–Crippen MR) is 121 cm³/mol. The number of hydrogen-bond acceptors (Lipinski definition) is 8. The lowest BCUT2D eigenvalue weighted by molar-refractivity contribution is 0.401. The van der Waals surface area contributed by atoms with Gasteiger partial charge < -0.3 is 10.2 Å². The minimum absolute atomic E-state index is 0.118. The second-order valence-electron chi connectivity index (χ2n) is 7.08. The number of aryl methyl sites for hydroxylation is 1. The van der Waals surface area contributed by atoms with Gasteiger partial charge in [-0.2, -0.15) is 11.8 Å². The number of anilines is 1. The number of nitrogens with one attached hydrogen (secondary N) is 2. The monoisotopic (exact) mass is 430 g/mol. The summed E-state index contributed by atoms with van der Waals surface area (Å²) < 4.78 is 0.